The molecule has 4 heterocycles. The molecule has 27 heavy (non-hydrogen) atoms. The Balaban J connectivity index is 1.46. The zero-order valence-corrected chi connectivity index (χ0v) is 14.3. The number of aromatic nitrogens is 5. The van der Waals surface area contributed by atoms with E-state index in [1.807, 2.05) is 6.07 Å². The first-order valence-electron chi connectivity index (χ1n) is 8.60. The molecule has 4 rings (SSSR count). The van der Waals surface area contributed by atoms with Crippen molar-refractivity contribution < 1.29 is 13.2 Å². The molecule has 1 aliphatic rings. The molecule has 10 heteroatoms. The molecule has 0 amide bonds. The first kappa shape index (κ1) is 17.5. The van der Waals surface area contributed by atoms with Gasteiger partial charge >= 0.3 is 6.18 Å². The summed E-state index contributed by atoms with van der Waals surface area (Å²) in [5, 5.41) is 4.43. The van der Waals surface area contributed by atoms with Crippen LogP contribution in [0.2, 0.25) is 0 Å². The summed E-state index contributed by atoms with van der Waals surface area (Å²) in [5.41, 5.74) is -0.799. The van der Waals surface area contributed by atoms with Crippen molar-refractivity contribution in [1.82, 2.24) is 24.7 Å². The molecular weight excluding hydrogens is 361 g/mol. The van der Waals surface area contributed by atoms with Gasteiger partial charge in [-0.25, -0.2) is 14.6 Å². The average Bonchev–Trinajstić information content (AvgIpc) is 3.12. The van der Waals surface area contributed by atoms with E-state index in [0.717, 1.165) is 46.5 Å². The van der Waals surface area contributed by atoms with Gasteiger partial charge < -0.3 is 9.88 Å². The summed E-state index contributed by atoms with van der Waals surface area (Å²) in [7, 11) is 0. The van der Waals surface area contributed by atoms with Gasteiger partial charge in [0.1, 0.15) is 17.8 Å². The molecule has 142 valence electrons. The summed E-state index contributed by atoms with van der Waals surface area (Å²) >= 11 is 0. The van der Waals surface area contributed by atoms with Gasteiger partial charge in [-0.05, 0) is 30.9 Å². The molecule has 0 radical (unpaired) electrons. The second-order valence-electron chi connectivity index (χ2n) is 6.60. The number of alkyl halides is 3. The molecule has 0 spiro atoms. The largest absolute Gasteiger partial charge is 0.435 e. The number of aromatic amines is 1. The average molecular weight is 378 g/mol. The highest BCUT2D eigenvalue weighted by atomic mass is 19.4. The lowest BCUT2D eigenvalue weighted by atomic mass is 9.96. The number of anilines is 1. The van der Waals surface area contributed by atoms with Gasteiger partial charge in [-0.3, -0.25) is 4.79 Å². The highest BCUT2D eigenvalue weighted by molar-refractivity contribution is 5.87. The van der Waals surface area contributed by atoms with E-state index in [1.54, 1.807) is 6.20 Å². The van der Waals surface area contributed by atoms with Crippen molar-refractivity contribution in [2.24, 2.45) is 5.92 Å². The maximum absolute atomic E-state index is 12.8. The molecule has 1 fully saturated rings. The van der Waals surface area contributed by atoms with Crippen LogP contribution in [0.5, 0.6) is 0 Å². The normalized spacial score (nSPS) is 16.2. The molecular formula is C17H17F3N6O. The van der Waals surface area contributed by atoms with E-state index in [1.165, 1.54) is 6.33 Å². The number of rotatable bonds is 3. The fourth-order valence-electron chi connectivity index (χ4n) is 3.41. The van der Waals surface area contributed by atoms with Gasteiger partial charge in [0.25, 0.3) is 5.56 Å². The number of H-pyrrole nitrogens is 1. The van der Waals surface area contributed by atoms with Gasteiger partial charge in [-0.2, -0.15) is 18.3 Å². The lowest BCUT2D eigenvalue weighted by molar-refractivity contribution is -0.142. The predicted molar refractivity (Wildman–Crippen MR) is 92.3 cm³/mol. The molecule has 3 aromatic heterocycles. The molecule has 0 aromatic carbocycles. The summed E-state index contributed by atoms with van der Waals surface area (Å²) in [6.07, 6.45) is 0.224. The van der Waals surface area contributed by atoms with Crippen LogP contribution >= 0.6 is 0 Å². The van der Waals surface area contributed by atoms with Crippen LogP contribution in [-0.2, 0) is 12.7 Å². The topological polar surface area (TPSA) is 79.7 Å². The second-order valence-corrected chi connectivity index (χ2v) is 6.60. The molecule has 7 nitrogen and oxygen atoms in total. The summed E-state index contributed by atoms with van der Waals surface area (Å²) in [4.78, 5) is 25.6. The number of hydrogen-bond donors (Lipinski definition) is 1. The Bertz CT molecular complexity index is 1000. The molecule has 0 aliphatic carbocycles. The molecule has 3 aromatic rings. The van der Waals surface area contributed by atoms with Crippen molar-refractivity contribution >= 4 is 16.9 Å². The van der Waals surface area contributed by atoms with E-state index in [4.69, 9.17) is 0 Å². The number of hydrogen-bond acceptors (Lipinski definition) is 5. The van der Waals surface area contributed by atoms with Crippen molar-refractivity contribution in [2.45, 2.75) is 25.6 Å². The monoisotopic (exact) mass is 378 g/mol. The Morgan fingerprint density at radius 3 is 2.67 bits per heavy atom. The molecule has 0 bridgehead atoms. The third kappa shape index (κ3) is 3.51. The van der Waals surface area contributed by atoms with E-state index in [0.29, 0.717) is 13.1 Å². The Morgan fingerprint density at radius 1 is 1.15 bits per heavy atom. The number of halogens is 3. The first-order valence-corrected chi connectivity index (χ1v) is 8.60. The van der Waals surface area contributed by atoms with Crippen LogP contribution in [0.4, 0.5) is 19.0 Å². The fourth-order valence-corrected chi connectivity index (χ4v) is 3.41. The third-order valence-electron chi connectivity index (χ3n) is 4.84. The number of nitrogens with zero attached hydrogens (tertiary/aromatic N) is 5. The van der Waals surface area contributed by atoms with E-state index < -0.39 is 17.4 Å². The highest BCUT2D eigenvalue weighted by Crippen LogP contribution is 2.28. The van der Waals surface area contributed by atoms with E-state index >= 15 is 0 Å². The Morgan fingerprint density at radius 2 is 1.93 bits per heavy atom. The van der Waals surface area contributed by atoms with Crippen molar-refractivity contribution in [3.63, 3.8) is 0 Å². The van der Waals surface area contributed by atoms with E-state index in [2.05, 4.69) is 25.0 Å². The minimum atomic E-state index is -4.56. The first-order chi connectivity index (χ1) is 12.9. The molecule has 1 N–H and O–H groups in total. The van der Waals surface area contributed by atoms with Gasteiger partial charge in [0.2, 0.25) is 0 Å². The number of fused-ring (bicyclic) bond motifs is 1. The molecule has 1 aliphatic heterocycles. The van der Waals surface area contributed by atoms with Gasteiger partial charge in [-0.1, -0.05) is 0 Å². The number of nitrogens with one attached hydrogen (secondary N) is 1. The lowest BCUT2D eigenvalue weighted by Gasteiger charge is -2.33. The standard InChI is InChI=1S/C17H17F3N6O/c18-17(19,20)13-1-2-14(27)26(24-13)9-11-4-7-25(8-5-11)16-12-3-6-21-15(12)22-10-23-16/h1-3,6,10-11H,4-5,7-9H2,(H,21,22,23). The maximum Gasteiger partial charge on any atom is 0.435 e. The van der Waals surface area contributed by atoms with E-state index in [9.17, 15) is 18.0 Å². The lowest BCUT2D eigenvalue weighted by Crippen LogP contribution is -2.37. The highest BCUT2D eigenvalue weighted by Gasteiger charge is 2.33. The fraction of sp³-hybridized carbons (Fsp3) is 0.412. The molecule has 0 atom stereocenters. The zero-order valence-electron chi connectivity index (χ0n) is 14.3. The summed E-state index contributed by atoms with van der Waals surface area (Å²) in [5.74, 6) is 0.924. The van der Waals surface area contributed by atoms with E-state index in [-0.39, 0.29) is 12.5 Å². The SMILES string of the molecule is O=c1ccc(C(F)(F)F)nn1CC1CCN(c2ncnc3[nH]ccc23)CC1. The van der Waals surface area contributed by atoms with Crippen molar-refractivity contribution in [2.75, 3.05) is 18.0 Å². The van der Waals surface area contributed by atoms with Crippen LogP contribution in [0, 0.1) is 5.92 Å². The predicted octanol–water partition coefficient (Wildman–Crippen LogP) is 2.45. The summed E-state index contributed by atoms with van der Waals surface area (Å²) < 4.78 is 39.4. The van der Waals surface area contributed by atoms with Crippen LogP contribution in [0.1, 0.15) is 18.5 Å². The maximum atomic E-state index is 12.8. The van der Waals surface area contributed by atoms with Crippen molar-refractivity contribution in [3.05, 3.63) is 46.8 Å². The minimum absolute atomic E-state index is 0.0819. The summed E-state index contributed by atoms with van der Waals surface area (Å²) in [6.45, 7) is 1.59. The smallest absolute Gasteiger partial charge is 0.356 e. The van der Waals surface area contributed by atoms with Crippen LogP contribution in [-0.4, -0.2) is 37.8 Å². The van der Waals surface area contributed by atoms with Gasteiger partial charge in [0, 0.05) is 31.9 Å². The van der Waals surface area contributed by atoms with Gasteiger partial charge in [0.15, 0.2) is 5.69 Å². The number of piperidine rings is 1. The van der Waals surface area contributed by atoms with Gasteiger partial charge in [0.05, 0.1) is 5.39 Å². The van der Waals surface area contributed by atoms with Crippen LogP contribution in [0.15, 0.2) is 35.5 Å². The second kappa shape index (κ2) is 6.67. The third-order valence-corrected chi connectivity index (χ3v) is 4.84. The van der Waals surface area contributed by atoms with Crippen LogP contribution in [0.25, 0.3) is 11.0 Å². The molecule has 0 unspecified atom stereocenters. The Labute approximate surface area is 151 Å². The van der Waals surface area contributed by atoms with Crippen LogP contribution < -0.4 is 10.5 Å². The van der Waals surface area contributed by atoms with Gasteiger partial charge in [-0.15, -0.1) is 0 Å². The van der Waals surface area contributed by atoms with Crippen molar-refractivity contribution in [1.29, 1.82) is 0 Å². The Kier molecular flexibility index (Phi) is 4.33. The minimum Gasteiger partial charge on any atom is -0.356 e. The zero-order chi connectivity index (χ0) is 19.0. The molecule has 0 saturated carbocycles. The molecule has 1 saturated heterocycles. The Hall–Kier alpha value is -2.91. The van der Waals surface area contributed by atoms with Crippen LogP contribution in [0.3, 0.4) is 0 Å². The summed E-state index contributed by atoms with van der Waals surface area (Å²) in [6, 6.07) is 3.57. The quantitative estimate of drug-likeness (QED) is 0.757. The van der Waals surface area contributed by atoms with Crippen molar-refractivity contribution in [3.8, 4) is 0 Å².